The Labute approximate surface area is 141 Å². The number of hydrogen-bond acceptors (Lipinski definition) is 6. The number of methoxy groups -OCH3 is 1. The fraction of sp³-hybridized carbons (Fsp3) is 0.118. The van der Waals surface area contributed by atoms with Crippen LogP contribution in [-0.2, 0) is 11.3 Å². The summed E-state index contributed by atoms with van der Waals surface area (Å²) in [4.78, 5) is 27.6. The number of carbonyl (C=O) groups is 1. The van der Waals surface area contributed by atoms with Gasteiger partial charge in [-0.2, -0.15) is 0 Å². The number of hydrogen-bond donors (Lipinski definition) is 0. The Morgan fingerprint density at radius 2 is 2.08 bits per heavy atom. The van der Waals surface area contributed by atoms with Gasteiger partial charge in [0.2, 0.25) is 0 Å². The molecule has 0 bridgehead atoms. The van der Waals surface area contributed by atoms with Crippen LogP contribution < -0.4 is 10.4 Å². The van der Waals surface area contributed by atoms with Crippen LogP contribution in [-0.4, -0.2) is 18.1 Å². The monoisotopic (exact) mass is 345 g/mol. The molecule has 0 radical (unpaired) electrons. The first-order valence-electron chi connectivity index (χ1n) is 6.96. The molecule has 1 aromatic carbocycles. The average molecular weight is 346 g/mol. The summed E-state index contributed by atoms with van der Waals surface area (Å²) in [5.41, 5.74) is 0.437. The Morgan fingerprint density at radius 3 is 2.83 bits per heavy atom. The number of carbonyl (C=O) groups excluding carboxylic acids is 1. The molecule has 0 spiro atoms. The highest BCUT2D eigenvalue weighted by molar-refractivity contribution is 6.30. The van der Waals surface area contributed by atoms with Crippen molar-refractivity contribution in [3.63, 3.8) is 0 Å². The van der Waals surface area contributed by atoms with Crippen molar-refractivity contribution in [1.82, 2.24) is 4.98 Å². The van der Waals surface area contributed by atoms with Gasteiger partial charge in [-0.3, -0.25) is 0 Å². The Kier molecular flexibility index (Phi) is 4.48. The van der Waals surface area contributed by atoms with E-state index in [0.717, 1.165) is 0 Å². The maximum Gasteiger partial charge on any atom is 0.357 e. The number of halogens is 1. The summed E-state index contributed by atoms with van der Waals surface area (Å²) in [5, 5.41) is 1.04. The van der Waals surface area contributed by atoms with Crippen LogP contribution in [0.1, 0.15) is 16.1 Å². The molecule has 0 aliphatic rings. The SMILES string of the molecule is COc1ccc2c(COC(=O)c3cc(Cl)ccn3)cc(=O)oc2c1. The molecule has 3 aromatic rings. The van der Waals surface area contributed by atoms with Crippen molar-refractivity contribution in [2.75, 3.05) is 7.11 Å². The normalized spacial score (nSPS) is 10.6. The van der Waals surface area contributed by atoms with Crippen molar-refractivity contribution in [2.24, 2.45) is 0 Å². The number of rotatable bonds is 4. The van der Waals surface area contributed by atoms with E-state index in [1.807, 2.05) is 0 Å². The molecule has 2 heterocycles. The highest BCUT2D eigenvalue weighted by Crippen LogP contribution is 2.23. The lowest BCUT2D eigenvalue weighted by atomic mass is 10.1. The molecule has 0 fully saturated rings. The lowest BCUT2D eigenvalue weighted by Gasteiger charge is -2.08. The lowest BCUT2D eigenvalue weighted by Crippen LogP contribution is -2.09. The minimum Gasteiger partial charge on any atom is -0.497 e. The van der Waals surface area contributed by atoms with Gasteiger partial charge >= 0.3 is 11.6 Å². The fourth-order valence-electron chi connectivity index (χ4n) is 2.19. The van der Waals surface area contributed by atoms with E-state index < -0.39 is 11.6 Å². The van der Waals surface area contributed by atoms with Gasteiger partial charge in [0.1, 0.15) is 23.6 Å². The van der Waals surface area contributed by atoms with Gasteiger partial charge in [0.15, 0.2) is 0 Å². The average Bonchev–Trinajstić information content (AvgIpc) is 2.58. The molecular weight excluding hydrogens is 334 g/mol. The number of esters is 1. The first-order chi connectivity index (χ1) is 11.6. The molecule has 0 atom stereocenters. The first-order valence-corrected chi connectivity index (χ1v) is 7.34. The molecule has 7 heteroatoms. The van der Waals surface area contributed by atoms with Crippen LogP contribution in [0, 0.1) is 0 Å². The summed E-state index contributed by atoms with van der Waals surface area (Å²) >= 11 is 5.82. The molecule has 0 saturated heterocycles. The minimum absolute atomic E-state index is 0.0939. The van der Waals surface area contributed by atoms with Crippen LogP contribution in [0.25, 0.3) is 11.0 Å². The number of pyridine rings is 1. The number of aromatic nitrogens is 1. The lowest BCUT2D eigenvalue weighted by molar-refractivity contribution is 0.0467. The van der Waals surface area contributed by atoms with Crippen LogP contribution in [0.15, 0.2) is 51.8 Å². The fourth-order valence-corrected chi connectivity index (χ4v) is 2.35. The van der Waals surface area contributed by atoms with Gasteiger partial charge in [0, 0.05) is 34.3 Å². The Balaban J connectivity index is 1.87. The molecule has 0 saturated carbocycles. The molecule has 6 nitrogen and oxygen atoms in total. The highest BCUT2D eigenvalue weighted by atomic mass is 35.5. The number of fused-ring (bicyclic) bond motifs is 1. The number of benzene rings is 1. The van der Waals surface area contributed by atoms with E-state index >= 15 is 0 Å². The topological polar surface area (TPSA) is 78.6 Å². The molecule has 2 aromatic heterocycles. The summed E-state index contributed by atoms with van der Waals surface area (Å²) in [6.45, 7) is -0.0958. The minimum atomic E-state index is -0.632. The molecule has 122 valence electrons. The summed E-state index contributed by atoms with van der Waals surface area (Å²) in [6.07, 6.45) is 1.41. The summed E-state index contributed by atoms with van der Waals surface area (Å²) in [7, 11) is 1.52. The third-order valence-electron chi connectivity index (χ3n) is 3.33. The van der Waals surface area contributed by atoms with E-state index in [9.17, 15) is 9.59 Å². The third kappa shape index (κ3) is 3.38. The molecule has 0 unspecified atom stereocenters. The number of nitrogens with zero attached hydrogens (tertiary/aromatic N) is 1. The smallest absolute Gasteiger partial charge is 0.357 e. The predicted octanol–water partition coefficient (Wildman–Crippen LogP) is 3.21. The first kappa shape index (κ1) is 16.0. The number of ether oxygens (including phenoxy) is 2. The second-order valence-corrected chi connectivity index (χ2v) is 5.32. The van der Waals surface area contributed by atoms with Crippen molar-refractivity contribution in [1.29, 1.82) is 0 Å². The third-order valence-corrected chi connectivity index (χ3v) is 3.56. The summed E-state index contributed by atoms with van der Waals surface area (Å²) in [6, 6.07) is 9.31. The quantitative estimate of drug-likeness (QED) is 0.533. The van der Waals surface area contributed by atoms with Crippen molar-refractivity contribution >= 4 is 28.5 Å². The van der Waals surface area contributed by atoms with E-state index in [2.05, 4.69) is 4.98 Å². The Bertz CT molecular complexity index is 967. The molecule has 0 aliphatic carbocycles. The zero-order chi connectivity index (χ0) is 17.1. The van der Waals surface area contributed by atoms with Crippen LogP contribution in [0.5, 0.6) is 5.75 Å². The van der Waals surface area contributed by atoms with E-state index in [1.165, 1.54) is 25.4 Å². The largest absolute Gasteiger partial charge is 0.497 e. The Morgan fingerprint density at radius 1 is 1.25 bits per heavy atom. The van der Waals surface area contributed by atoms with Gasteiger partial charge in [0.25, 0.3) is 0 Å². The maximum atomic E-state index is 12.0. The summed E-state index contributed by atoms with van der Waals surface area (Å²) in [5.74, 6) is -0.0738. The van der Waals surface area contributed by atoms with Gasteiger partial charge in [-0.1, -0.05) is 11.6 Å². The second-order valence-electron chi connectivity index (χ2n) is 4.89. The van der Waals surface area contributed by atoms with E-state index in [4.69, 9.17) is 25.5 Å². The van der Waals surface area contributed by atoms with Crippen molar-refractivity contribution < 1.29 is 18.7 Å². The van der Waals surface area contributed by atoms with Gasteiger partial charge in [-0.25, -0.2) is 14.6 Å². The predicted molar refractivity (Wildman–Crippen MR) is 87.4 cm³/mol. The van der Waals surface area contributed by atoms with E-state index in [-0.39, 0.29) is 12.3 Å². The van der Waals surface area contributed by atoms with Gasteiger partial charge in [-0.05, 0) is 24.3 Å². The second kappa shape index (κ2) is 6.72. The van der Waals surface area contributed by atoms with Gasteiger partial charge < -0.3 is 13.9 Å². The van der Waals surface area contributed by atoms with E-state index in [1.54, 1.807) is 24.3 Å². The zero-order valence-corrected chi connectivity index (χ0v) is 13.4. The zero-order valence-electron chi connectivity index (χ0n) is 12.6. The van der Waals surface area contributed by atoms with Gasteiger partial charge in [-0.15, -0.1) is 0 Å². The molecule has 24 heavy (non-hydrogen) atoms. The van der Waals surface area contributed by atoms with Crippen LogP contribution >= 0.6 is 11.6 Å². The maximum absolute atomic E-state index is 12.0. The van der Waals surface area contributed by atoms with Crippen molar-refractivity contribution in [3.8, 4) is 5.75 Å². The summed E-state index contributed by atoms with van der Waals surface area (Å²) < 4.78 is 15.5. The van der Waals surface area contributed by atoms with Crippen molar-refractivity contribution in [3.05, 3.63) is 69.3 Å². The molecule has 0 amide bonds. The molecule has 0 aliphatic heterocycles. The van der Waals surface area contributed by atoms with E-state index in [0.29, 0.717) is 27.3 Å². The van der Waals surface area contributed by atoms with Crippen LogP contribution in [0.2, 0.25) is 5.02 Å². The van der Waals surface area contributed by atoms with Crippen LogP contribution in [0.4, 0.5) is 0 Å². The van der Waals surface area contributed by atoms with Crippen molar-refractivity contribution in [2.45, 2.75) is 6.61 Å². The molecule has 0 N–H and O–H groups in total. The Hall–Kier alpha value is -2.86. The van der Waals surface area contributed by atoms with Crippen LogP contribution in [0.3, 0.4) is 0 Å². The molecule has 3 rings (SSSR count). The highest BCUT2D eigenvalue weighted by Gasteiger charge is 2.12. The molecular formula is C17H12ClNO5. The van der Waals surface area contributed by atoms with Gasteiger partial charge in [0.05, 0.1) is 7.11 Å². The standard InChI is InChI=1S/C17H12ClNO5/c1-22-12-2-3-13-10(6-16(20)24-15(13)8-12)9-23-17(21)14-7-11(18)4-5-19-14/h2-8H,9H2,1H3.